The van der Waals surface area contributed by atoms with Crippen molar-refractivity contribution >= 4 is 28.4 Å². The van der Waals surface area contributed by atoms with E-state index >= 15 is 0 Å². The minimum Gasteiger partial charge on any atom is -0.360 e. The molecule has 0 saturated heterocycles. The number of para-hydroxylation sites is 1. The van der Waals surface area contributed by atoms with Crippen LogP contribution < -0.4 is 5.32 Å². The monoisotopic (exact) mass is 343 g/mol. The highest BCUT2D eigenvalue weighted by Gasteiger charge is 2.19. The summed E-state index contributed by atoms with van der Waals surface area (Å²) in [6, 6.07) is 10.2. The van der Waals surface area contributed by atoms with Crippen LogP contribution in [0.25, 0.3) is 10.9 Å². The molecule has 2 amide bonds. The van der Waals surface area contributed by atoms with Crippen LogP contribution in [0.5, 0.6) is 0 Å². The summed E-state index contributed by atoms with van der Waals surface area (Å²) < 4.78 is 26.4. The predicted molar refractivity (Wildman–Crippen MR) is 90.2 cm³/mol. The molecule has 5 nitrogen and oxygen atoms in total. The molecule has 0 bridgehead atoms. The van der Waals surface area contributed by atoms with Crippen LogP contribution in [-0.2, 0) is 4.79 Å². The molecule has 0 spiro atoms. The molecule has 1 heterocycles. The van der Waals surface area contributed by atoms with Gasteiger partial charge in [0.05, 0.1) is 17.8 Å². The van der Waals surface area contributed by atoms with Gasteiger partial charge in [-0.1, -0.05) is 18.2 Å². The smallest absolute Gasteiger partial charge is 0.256 e. The van der Waals surface area contributed by atoms with E-state index in [1.54, 1.807) is 12.3 Å². The van der Waals surface area contributed by atoms with Gasteiger partial charge in [-0.25, -0.2) is 8.78 Å². The summed E-state index contributed by atoms with van der Waals surface area (Å²) in [4.78, 5) is 28.8. The maximum atomic E-state index is 13.6. The molecule has 2 N–H and O–H groups in total. The summed E-state index contributed by atoms with van der Waals surface area (Å²) in [5.74, 6) is -2.53. The molecule has 0 radical (unpaired) electrons. The number of fused-ring (bicyclic) bond motifs is 1. The van der Waals surface area contributed by atoms with Crippen LogP contribution in [-0.4, -0.2) is 35.3 Å². The number of carbonyl (C=O) groups excluding carboxylic acids is 2. The third kappa shape index (κ3) is 3.50. The number of rotatable bonds is 4. The van der Waals surface area contributed by atoms with Crippen molar-refractivity contribution in [2.75, 3.05) is 18.9 Å². The lowest BCUT2D eigenvalue weighted by Gasteiger charge is -2.16. The summed E-state index contributed by atoms with van der Waals surface area (Å²) >= 11 is 0. The Bertz CT molecular complexity index is 952. The lowest BCUT2D eigenvalue weighted by Crippen LogP contribution is -2.35. The molecule has 0 aliphatic heterocycles. The average Bonchev–Trinajstić information content (AvgIpc) is 3.00. The minimum absolute atomic E-state index is 0.139. The van der Waals surface area contributed by atoms with E-state index in [0.717, 1.165) is 23.0 Å². The summed E-state index contributed by atoms with van der Waals surface area (Å²) in [5, 5.41) is 3.08. The van der Waals surface area contributed by atoms with Gasteiger partial charge in [-0.05, 0) is 18.2 Å². The quantitative estimate of drug-likeness (QED) is 0.764. The van der Waals surface area contributed by atoms with Gasteiger partial charge in [0.25, 0.3) is 5.91 Å². The molecule has 0 saturated carbocycles. The van der Waals surface area contributed by atoms with Crippen LogP contribution in [0, 0.1) is 11.6 Å². The van der Waals surface area contributed by atoms with E-state index in [1.165, 1.54) is 11.9 Å². The number of aromatic nitrogens is 1. The molecule has 25 heavy (non-hydrogen) atoms. The predicted octanol–water partition coefficient (Wildman–Crippen LogP) is 3.16. The molecule has 0 unspecified atom stereocenters. The highest BCUT2D eigenvalue weighted by molar-refractivity contribution is 6.08. The molecule has 0 fully saturated rings. The number of likely N-dealkylation sites (N-methyl/N-ethyl adjacent to an activating group) is 1. The van der Waals surface area contributed by atoms with Gasteiger partial charge in [-0.3, -0.25) is 9.59 Å². The normalized spacial score (nSPS) is 10.7. The molecule has 1 aromatic heterocycles. The van der Waals surface area contributed by atoms with Gasteiger partial charge >= 0.3 is 0 Å². The molecular weight excluding hydrogens is 328 g/mol. The number of aromatic amines is 1. The number of nitrogens with zero attached hydrogens (tertiary/aromatic N) is 1. The van der Waals surface area contributed by atoms with Crippen LogP contribution >= 0.6 is 0 Å². The fraction of sp³-hybridized carbons (Fsp3) is 0.111. The molecule has 128 valence electrons. The Kier molecular flexibility index (Phi) is 4.47. The second kappa shape index (κ2) is 6.72. The Morgan fingerprint density at radius 1 is 1.16 bits per heavy atom. The number of carbonyl (C=O) groups is 2. The number of nitrogens with one attached hydrogen (secondary N) is 2. The summed E-state index contributed by atoms with van der Waals surface area (Å²) in [5.41, 5.74) is 1.12. The lowest BCUT2D eigenvalue weighted by molar-refractivity contribution is -0.116. The fourth-order valence-electron chi connectivity index (χ4n) is 2.52. The second-order valence-corrected chi connectivity index (χ2v) is 5.58. The van der Waals surface area contributed by atoms with E-state index < -0.39 is 17.5 Å². The molecular formula is C18H15F2N3O2. The second-order valence-electron chi connectivity index (χ2n) is 5.58. The molecule has 2 aromatic carbocycles. The first-order valence-electron chi connectivity index (χ1n) is 7.52. The summed E-state index contributed by atoms with van der Waals surface area (Å²) in [6.07, 6.45) is 1.58. The van der Waals surface area contributed by atoms with Crippen LogP contribution in [0.3, 0.4) is 0 Å². The Balaban J connectivity index is 1.69. The number of hydrogen-bond donors (Lipinski definition) is 2. The molecule has 7 heteroatoms. The third-order valence-electron chi connectivity index (χ3n) is 3.75. The van der Waals surface area contributed by atoms with Crippen molar-refractivity contribution in [3.05, 3.63) is 65.9 Å². The number of amides is 2. The van der Waals surface area contributed by atoms with Crippen molar-refractivity contribution in [1.82, 2.24) is 9.88 Å². The number of halogens is 2. The van der Waals surface area contributed by atoms with Gasteiger partial charge in [0.2, 0.25) is 5.91 Å². The zero-order valence-corrected chi connectivity index (χ0v) is 13.3. The molecule has 3 aromatic rings. The first-order chi connectivity index (χ1) is 12.0. The fourth-order valence-corrected chi connectivity index (χ4v) is 2.52. The largest absolute Gasteiger partial charge is 0.360 e. The zero-order chi connectivity index (χ0) is 18.0. The number of anilines is 1. The van der Waals surface area contributed by atoms with Crippen LogP contribution in [0.1, 0.15) is 10.4 Å². The zero-order valence-electron chi connectivity index (χ0n) is 13.3. The highest BCUT2D eigenvalue weighted by atomic mass is 19.1. The van der Waals surface area contributed by atoms with Gasteiger partial charge in [0.15, 0.2) is 0 Å². The van der Waals surface area contributed by atoms with Crippen molar-refractivity contribution in [3.8, 4) is 0 Å². The van der Waals surface area contributed by atoms with E-state index in [1.807, 2.05) is 18.2 Å². The van der Waals surface area contributed by atoms with E-state index in [-0.39, 0.29) is 18.1 Å². The maximum Gasteiger partial charge on any atom is 0.256 e. The molecule has 0 aliphatic rings. The van der Waals surface area contributed by atoms with Crippen molar-refractivity contribution in [3.63, 3.8) is 0 Å². The van der Waals surface area contributed by atoms with Gasteiger partial charge in [-0.2, -0.15) is 0 Å². The number of H-pyrrole nitrogens is 1. The van der Waals surface area contributed by atoms with Crippen molar-refractivity contribution in [1.29, 1.82) is 0 Å². The standard InChI is InChI=1S/C18H15F2N3O2/c1-23(10-17(24)22-16-7-6-11(19)8-14(16)20)18(25)13-9-21-15-5-3-2-4-12(13)15/h2-9,21H,10H2,1H3,(H,22,24). The Morgan fingerprint density at radius 3 is 2.68 bits per heavy atom. The van der Waals surface area contributed by atoms with Crippen LogP contribution in [0.15, 0.2) is 48.7 Å². The summed E-state index contributed by atoms with van der Waals surface area (Å²) in [6.45, 7) is -0.269. The first kappa shape index (κ1) is 16.6. The van der Waals surface area contributed by atoms with Crippen molar-refractivity contribution in [2.24, 2.45) is 0 Å². The van der Waals surface area contributed by atoms with Crippen LogP contribution in [0.2, 0.25) is 0 Å². The number of hydrogen-bond acceptors (Lipinski definition) is 2. The molecule has 3 rings (SSSR count). The molecule has 0 aliphatic carbocycles. The van der Waals surface area contributed by atoms with Crippen molar-refractivity contribution in [2.45, 2.75) is 0 Å². The van der Waals surface area contributed by atoms with E-state index in [2.05, 4.69) is 10.3 Å². The van der Waals surface area contributed by atoms with Gasteiger partial charge in [0, 0.05) is 30.2 Å². The number of benzene rings is 2. The Morgan fingerprint density at radius 2 is 1.92 bits per heavy atom. The van der Waals surface area contributed by atoms with Crippen LogP contribution in [0.4, 0.5) is 14.5 Å². The average molecular weight is 343 g/mol. The Labute approximate surface area is 142 Å². The SMILES string of the molecule is CN(CC(=O)Nc1ccc(F)cc1F)C(=O)c1c[nH]c2ccccc12. The Hall–Kier alpha value is -3.22. The topological polar surface area (TPSA) is 65.2 Å². The van der Waals surface area contributed by atoms with E-state index in [4.69, 9.17) is 0 Å². The third-order valence-corrected chi connectivity index (χ3v) is 3.75. The maximum absolute atomic E-state index is 13.6. The minimum atomic E-state index is -0.876. The molecule has 0 atom stereocenters. The lowest BCUT2D eigenvalue weighted by atomic mass is 10.1. The highest BCUT2D eigenvalue weighted by Crippen LogP contribution is 2.19. The summed E-state index contributed by atoms with van der Waals surface area (Å²) in [7, 11) is 1.48. The van der Waals surface area contributed by atoms with Gasteiger partial charge in [-0.15, -0.1) is 0 Å². The first-order valence-corrected chi connectivity index (χ1v) is 7.52. The van der Waals surface area contributed by atoms with E-state index in [0.29, 0.717) is 11.6 Å². The van der Waals surface area contributed by atoms with Gasteiger partial charge in [0.1, 0.15) is 11.6 Å². The van der Waals surface area contributed by atoms with Crippen molar-refractivity contribution < 1.29 is 18.4 Å². The van der Waals surface area contributed by atoms with E-state index in [9.17, 15) is 18.4 Å². The van der Waals surface area contributed by atoms with Gasteiger partial charge < -0.3 is 15.2 Å².